The maximum absolute atomic E-state index is 12.2. The highest BCUT2D eigenvalue weighted by molar-refractivity contribution is 6.59. The maximum Gasteiger partial charge on any atom is 0.493 e. The summed E-state index contributed by atoms with van der Waals surface area (Å²) in [7, 11) is -0.541. The first-order valence-electron chi connectivity index (χ1n) is 3.74. The highest BCUT2D eigenvalue weighted by atomic mass is 19.3. The molecule has 0 fully saturated rings. The number of hydrogen-bond acceptors (Lipinski definition) is 4. The van der Waals surface area contributed by atoms with E-state index in [-0.39, 0.29) is 11.2 Å². The van der Waals surface area contributed by atoms with Gasteiger partial charge in [-0.25, -0.2) is 8.78 Å². The number of pyridine rings is 1. The van der Waals surface area contributed by atoms with E-state index in [1.54, 1.807) is 0 Å². The zero-order valence-electron chi connectivity index (χ0n) is 7.32. The van der Waals surface area contributed by atoms with Gasteiger partial charge in [-0.2, -0.15) is 0 Å². The van der Waals surface area contributed by atoms with Gasteiger partial charge in [0, 0.05) is 17.7 Å². The fourth-order valence-electron chi connectivity index (χ4n) is 0.953. The van der Waals surface area contributed by atoms with Crippen LogP contribution in [0.15, 0.2) is 12.3 Å². The summed E-state index contributed by atoms with van der Waals surface area (Å²) in [4.78, 5) is 3.36. The average molecular weight is 203 g/mol. The molecule has 2 N–H and O–H groups in total. The van der Waals surface area contributed by atoms with Crippen LogP contribution in [-0.4, -0.2) is 29.3 Å². The van der Waals surface area contributed by atoms with Crippen molar-refractivity contribution < 1.29 is 23.6 Å². The van der Waals surface area contributed by atoms with Crippen molar-refractivity contribution in [2.24, 2.45) is 0 Å². The Balaban J connectivity index is 3.11. The molecular formula is C7H8BF2NO3. The third-order valence-electron chi connectivity index (χ3n) is 1.64. The lowest BCUT2D eigenvalue weighted by Gasteiger charge is -2.08. The van der Waals surface area contributed by atoms with Gasteiger partial charge in [0.05, 0.1) is 7.11 Å². The summed E-state index contributed by atoms with van der Waals surface area (Å²) in [5, 5.41) is 17.6. The molecule has 7 heteroatoms. The van der Waals surface area contributed by atoms with Crippen LogP contribution in [0.1, 0.15) is 12.1 Å². The number of nitrogens with zero attached hydrogens (tertiary/aromatic N) is 1. The van der Waals surface area contributed by atoms with Crippen LogP contribution in [0.5, 0.6) is 5.75 Å². The Morgan fingerprint density at radius 3 is 2.57 bits per heavy atom. The SMILES string of the molecule is COc1cc(C(F)F)ncc1B(O)O. The van der Waals surface area contributed by atoms with Gasteiger partial charge in [0.2, 0.25) is 0 Å². The summed E-state index contributed by atoms with van der Waals surface area (Å²) >= 11 is 0. The molecule has 1 aromatic rings. The number of halogens is 2. The topological polar surface area (TPSA) is 62.6 Å². The standard InChI is InChI=1S/C7H8BF2NO3/c1-14-6-2-5(7(9)10)11-3-4(6)8(12)13/h2-3,7,12-13H,1H3. The Hall–Kier alpha value is -1.21. The predicted octanol–water partition coefficient (Wildman–Crippen LogP) is -0.292. The largest absolute Gasteiger partial charge is 0.497 e. The quantitative estimate of drug-likeness (QED) is 0.662. The van der Waals surface area contributed by atoms with Gasteiger partial charge in [-0.15, -0.1) is 0 Å². The van der Waals surface area contributed by atoms with E-state index in [4.69, 9.17) is 14.8 Å². The van der Waals surface area contributed by atoms with Crippen LogP contribution in [0.2, 0.25) is 0 Å². The van der Waals surface area contributed by atoms with E-state index in [0.29, 0.717) is 0 Å². The molecule has 4 nitrogen and oxygen atoms in total. The second-order valence-corrected chi connectivity index (χ2v) is 2.53. The normalized spacial score (nSPS) is 10.4. The number of ether oxygens (including phenoxy) is 1. The van der Waals surface area contributed by atoms with E-state index in [0.717, 1.165) is 12.3 Å². The minimum atomic E-state index is -2.71. The first-order chi connectivity index (χ1) is 6.56. The number of hydrogen-bond donors (Lipinski definition) is 2. The molecule has 0 spiro atoms. The van der Waals surface area contributed by atoms with Crippen molar-refractivity contribution in [2.45, 2.75) is 6.43 Å². The minimum Gasteiger partial charge on any atom is -0.497 e. The van der Waals surface area contributed by atoms with Gasteiger partial charge in [0.15, 0.2) is 0 Å². The van der Waals surface area contributed by atoms with Gasteiger partial charge < -0.3 is 14.8 Å². The van der Waals surface area contributed by atoms with Gasteiger partial charge in [-0.1, -0.05) is 0 Å². The molecule has 0 radical (unpaired) electrons. The molecule has 1 rings (SSSR count). The molecule has 0 amide bonds. The third-order valence-corrected chi connectivity index (χ3v) is 1.64. The van der Waals surface area contributed by atoms with Crippen molar-refractivity contribution in [3.63, 3.8) is 0 Å². The average Bonchev–Trinajstić information content (AvgIpc) is 2.16. The fourth-order valence-corrected chi connectivity index (χ4v) is 0.953. The lowest BCUT2D eigenvalue weighted by atomic mass is 9.81. The van der Waals surface area contributed by atoms with Crippen molar-refractivity contribution in [1.29, 1.82) is 0 Å². The second kappa shape index (κ2) is 4.34. The van der Waals surface area contributed by atoms with Gasteiger partial charge >= 0.3 is 7.12 Å². The zero-order valence-corrected chi connectivity index (χ0v) is 7.32. The molecule has 1 heterocycles. The van der Waals surface area contributed by atoms with Gasteiger partial charge in [-0.05, 0) is 0 Å². The smallest absolute Gasteiger partial charge is 0.493 e. The highest BCUT2D eigenvalue weighted by Gasteiger charge is 2.20. The van der Waals surface area contributed by atoms with E-state index in [2.05, 4.69) is 4.98 Å². The second-order valence-electron chi connectivity index (χ2n) is 2.53. The van der Waals surface area contributed by atoms with Crippen LogP contribution in [0.4, 0.5) is 8.78 Å². The summed E-state index contributed by atoms with van der Waals surface area (Å²) in [6.07, 6.45) is -1.76. The maximum atomic E-state index is 12.2. The lowest BCUT2D eigenvalue weighted by Crippen LogP contribution is -2.31. The van der Waals surface area contributed by atoms with Crippen molar-refractivity contribution in [3.05, 3.63) is 18.0 Å². The third kappa shape index (κ3) is 2.18. The summed E-state index contributed by atoms with van der Waals surface area (Å²) in [5.41, 5.74) is -0.511. The van der Waals surface area contributed by atoms with E-state index in [1.165, 1.54) is 7.11 Å². The Kier molecular flexibility index (Phi) is 3.37. The molecule has 0 aliphatic rings. The number of aromatic nitrogens is 1. The lowest BCUT2D eigenvalue weighted by molar-refractivity contribution is 0.145. The van der Waals surface area contributed by atoms with Gasteiger partial charge in [0.25, 0.3) is 6.43 Å². The van der Waals surface area contributed by atoms with Crippen LogP contribution in [-0.2, 0) is 0 Å². The van der Waals surface area contributed by atoms with E-state index in [9.17, 15) is 8.78 Å². The van der Waals surface area contributed by atoms with Crippen molar-refractivity contribution in [1.82, 2.24) is 4.98 Å². The zero-order chi connectivity index (χ0) is 10.7. The Morgan fingerprint density at radius 2 is 2.14 bits per heavy atom. The van der Waals surface area contributed by atoms with Crippen molar-refractivity contribution >= 4 is 12.6 Å². The van der Waals surface area contributed by atoms with E-state index >= 15 is 0 Å². The summed E-state index contributed by atoms with van der Waals surface area (Å²) in [6, 6.07) is 0.972. The molecule has 0 aliphatic heterocycles. The Bertz CT molecular complexity index is 322. The minimum absolute atomic E-state index is 0.0229. The molecule has 0 aromatic carbocycles. The molecule has 0 unspecified atom stereocenters. The summed E-state index contributed by atoms with van der Waals surface area (Å²) in [5.74, 6) is -0.0229. The molecule has 1 aromatic heterocycles. The highest BCUT2D eigenvalue weighted by Crippen LogP contribution is 2.19. The summed E-state index contributed by atoms with van der Waals surface area (Å²) in [6.45, 7) is 0. The number of methoxy groups -OCH3 is 1. The molecule has 0 atom stereocenters. The number of alkyl halides is 2. The van der Waals surface area contributed by atoms with Gasteiger partial charge in [-0.3, -0.25) is 4.98 Å². The molecule has 14 heavy (non-hydrogen) atoms. The van der Waals surface area contributed by atoms with E-state index < -0.39 is 19.2 Å². The van der Waals surface area contributed by atoms with Crippen molar-refractivity contribution in [2.75, 3.05) is 7.11 Å². The summed E-state index contributed by atoms with van der Waals surface area (Å²) < 4.78 is 29.1. The molecule has 0 saturated carbocycles. The first kappa shape index (κ1) is 10.9. The van der Waals surface area contributed by atoms with Gasteiger partial charge in [0.1, 0.15) is 11.4 Å². The Morgan fingerprint density at radius 1 is 1.50 bits per heavy atom. The first-order valence-corrected chi connectivity index (χ1v) is 3.74. The monoisotopic (exact) mass is 203 g/mol. The fraction of sp³-hybridized carbons (Fsp3) is 0.286. The van der Waals surface area contributed by atoms with Crippen LogP contribution < -0.4 is 10.2 Å². The van der Waals surface area contributed by atoms with Crippen LogP contribution in [0, 0.1) is 0 Å². The van der Waals surface area contributed by atoms with Crippen LogP contribution in [0.25, 0.3) is 0 Å². The molecule has 0 saturated heterocycles. The number of rotatable bonds is 3. The van der Waals surface area contributed by atoms with Crippen molar-refractivity contribution in [3.8, 4) is 5.75 Å². The molecule has 76 valence electrons. The van der Waals surface area contributed by atoms with E-state index in [1.807, 2.05) is 0 Å². The molecular weight excluding hydrogens is 195 g/mol. The van der Waals surface area contributed by atoms with Crippen LogP contribution >= 0.6 is 0 Å². The predicted molar refractivity (Wildman–Crippen MR) is 45.6 cm³/mol. The van der Waals surface area contributed by atoms with Crippen LogP contribution in [0.3, 0.4) is 0 Å². The molecule has 0 bridgehead atoms. The molecule has 0 aliphatic carbocycles. The Labute approximate surface area is 79.3 Å².